The first kappa shape index (κ1) is 37.0. The molecule has 0 amide bonds. The van der Waals surface area contributed by atoms with Gasteiger partial charge in [0, 0.05) is 6.61 Å². The second-order valence-electron chi connectivity index (χ2n) is 11.4. The molecule has 0 unspecified atom stereocenters. The van der Waals surface area contributed by atoms with Gasteiger partial charge in [-0.3, -0.25) is 0 Å². The maximum Gasteiger partial charge on any atom is 0.124 e. The molecule has 0 aliphatic heterocycles. The molecule has 38 heavy (non-hydrogen) atoms. The summed E-state index contributed by atoms with van der Waals surface area (Å²) in [4.78, 5) is -0.178. The molecule has 0 aromatic heterocycles. The number of rotatable bonds is 23. The second kappa shape index (κ2) is 23.9. The van der Waals surface area contributed by atoms with Gasteiger partial charge in [-0.25, -0.2) is 8.42 Å². The van der Waals surface area contributed by atoms with E-state index in [9.17, 15) is 13.0 Å². The van der Waals surface area contributed by atoms with Gasteiger partial charge in [-0.05, 0) is 57.6 Å². The first-order chi connectivity index (χ1) is 18.2. The highest BCUT2D eigenvalue weighted by molar-refractivity contribution is 7.85. The maximum atomic E-state index is 10.4. The highest BCUT2D eigenvalue weighted by Gasteiger charge is 2.20. The molecule has 1 aromatic rings. The Balaban J connectivity index is 0.00000103. The molecule has 0 fully saturated rings. The van der Waals surface area contributed by atoms with E-state index in [0.29, 0.717) is 6.61 Å². The van der Waals surface area contributed by atoms with Gasteiger partial charge in [0.05, 0.1) is 31.6 Å². The van der Waals surface area contributed by atoms with Crippen molar-refractivity contribution in [1.29, 1.82) is 0 Å². The molecule has 1 aromatic carbocycles. The number of hydrogen-bond donors (Lipinski definition) is 1. The zero-order chi connectivity index (χ0) is 28.5. The van der Waals surface area contributed by atoms with Crippen molar-refractivity contribution in [3.8, 4) is 0 Å². The van der Waals surface area contributed by atoms with Gasteiger partial charge in [-0.2, -0.15) is 0 Å². The minimum atomic E-state index is -4.27. The van der Waals surface area contributed by atoms with E-state index in [1.807, 2.05) is 6.92 Å². The number of unbranched alkanes of at least 4 members (excludes halogenated alkanes) is 15. The minimum Gasteiger partial charge on any atom is -0.744 e. The molecule has 224 valence electrons. The molecule has 0 saturated heterocycles. The number of quaternary nitrogens is 1. The van der Waals surface area contributed by atoms with E-state index in [2.05, 4.69) is 20.9 Å². The summed E-state index contributed by atoms with van der Waals surface area (Å²) in [5.41, 5.74) is 0.928. The normalized spacial score (nSPS) is 11.8. The number of aliphatic hydroxyl groups excluding tert-OH is 1. The van der Waals surface area contributed by atoms with Crippen LogP contribution in [-0.4, -0.2) is 55.8 Å². The van der Waals surface area contributed by atoms with E-state index in [1.165, 1.54) is 145 Å². The number of aliphatic hydroxyl groups is 1. The SMILES string of the molecule is CCCCCCCCCC[N+](C)(CCCCO)CCCCCCCCCC.Cc1ccc(S(=O)(=O)[O-])cc1. The largest absolute Gasteiger partial charge is 0.744 e. The summed E-state index contributed by atoms with van der Waals surface area (Å²) in [6.45, 7) is 10.7. The van der Waals surface area contributed by atoms with Gasteiger partial charge in [0.25, 0.3) is 0 Å². The summed E-state index contributed by atoms with van der Waals surface area (Å²) < 4.78 is 32.4. The number of hydrogen-bond acceptors (Lipinski definition) is 4. The van der Waals surface area contributed by atoms with E-state index < -0.39 is 10.1 Å². The van der Waals surface area contributed by atoms with E-state index in [1.54, 1.807) is 12.1 Å². The van der Waals surface area contributed by atoms with Gasteiger partial charge in [-0.15, -0.1) is 0 Å². The fourth-order valence-electron chi connectivity index (χ4n) is 4.90. The van der Waals surface area contributed by atoms with Crippen LogP contribution in [0.5, 0.6) is 0 Å². The van der Waals surface area contributed by atoms with Gasteiger partial charge in [0.2, 0.25) is 0 Å². The molecular formula is C32H61NO4S. The third-order valence-electron chi connectivity index (χ3n) is 7.52. The van der Waals surface area contributed by atoms with Crippen LogP contribution in [0.25, 0.3) is 0 Å². The summed E-state index contributed by atoms with van der Waals surface area (Å²) in [6.07, 6.45) is 24.8. The Morgan fingerprint density at radius 3 is 1.32 bits per heavy atom. The van der Waals surface area contributed by atoms with E-state index in [-0.39, 0.29) is 4.90 Å². The maximum absolute atomic E-state index is 10.4. The standard InChI is InChI=1S/C25H54NO.C7H8O3S/c1-4-6-8-10-12-14-16-18-22-26(3,24-20-21-25-27)23-19-17-15-13-11-9-7-5-2;1-6-2-4-7(5-3-6)11(8,9)10/h27H,4-25H2,1-3H3;2-5H,1H3,(H,8,9,10)/q+1;/p-1. The summed E-state index contributed by atoms with van der Waals surface area (Å²) in [5, 5.41) is 9.13. The molecule has 1 rings (SSSR count). The smallest absolute Gasteiger partial charge is 0.124 e. The molecular weight excluding hydrogens is 494 g/mol. The second-order valence-corrected chi connectivity index (χ2v) is 12.8. The first-order valence-electron chi connectivity index (χ1n) is 15.7. The number of nitrogens with zero attached hydrogens (tertiary/aromatic N) is 1. The molecule has 6 heteroatoms. The minimum absolute atomic E-state index is 0.178. The van der Waals surface area contributed by atoms with Gasteiger partial charge in [0.15, 0.2) is 0 Å². The summed E-state index contributed by atoms with van der Waals surface area (Å²) in [6, 6.07) is 5.78. The summed E-state index contributed by atoms with van der Waals surface area (Å²) >= 11 is 0. The first-order valence-corrected chi connectivity index (χ1v) is 17.1. The van der Waals surface area contributed by atoms with Crippen LogP contribution in [0.4, 0.5) is 0 Å². The van der Waals surface area contributed by atoms with E-state index in [4.69, 9.17) is 5.11 Å². The molecule has 0 atom stereocenters. The zero-order valence-electron chi connectivity index (χ0n) is 25.4. The monoisotopic (exact) mass is 555 g/mol. The molecule has 0 aliphatic carbocycles. The average molecular weight is 556 g/mol. The molecule has 0 radical (unpaired) electrons. The predicted molar refractivity (Wildman–Crippen MR) is 161 cm³/mol. The molecule has 1 N–H and O–H groups in total. The molecule has 0 bridgehead atoms. The Morgan fingerprint density at radius 1 is 0.632 bits per heavy atom. The Labute approximate surface area is 236 Å². The average Bonchev–Trinajstić information content (AvgIpc) is 2.87. The van der Waals surface area contributed by atoms with Crippen molar-refractivity contribution in [1.82, 2.24) is 0 Å². The van der Waals surface area contributed by atoms with Gasteiger partial charge >= 0.3 is 0 Å². The number of aryl methyl sites for hydroxylation is 1. The zero-order valence-corrected chi connectivity index (χ0v) is 26.2. The van der Waals surface area contributed by atoms with Crippen molar-refractivity contribution in [3.63, 3.8) is 0 Å². The van der Waals surface area contributed by atoms with Gasteiger partial charge in [0.1, 0.15) is 10.1 Å². The van der Waals surface area contributed by atoms with Crippen LogP contribution in [0.1, 0.15) is 135 Å². The molecule has 0 saturated carbocycles. The van der Waals surface area contributed by atoms with Gasteiger partial charge in [-0.1, -0.05) is 109 Å². The lowest BCUT2D eigenvalue weighted by molar-refractivity contribution is -0.910. The molecule has 5 nitrogen and oxygen atoms in total. The van der Waals surface area contributed by atoms with Crippen molar-refractivity contribution < 1.29 is 22.6 Å². The van der Waals surface area contributed by atoms with Gasteiger partial charge < -0.3 is 14.1 Å². The van der Waals surface area contributed by atoms with Crippen LogP contribution in [0.2, 0.25) is 0 Å². The van der Waals surface area contributed by atoms with Crippen LogP contribution in [0.3, 0.4) is 0 Å². The fourth-order valence-corrected chi connectivity index (χ4v) is 5.37. The third-order valence-corrected chi connectivity index (χ3v) is 8.37. The van der Waals surface area contributed by atoms with Crippen LogP contribution >= 0.6 is 0 Å². The Morgan fingerprint density at radius 2 is 0.974 bits per heavy atom. The van der Waals surface area contributed by atoms with Crippen LogP contribution in [-0.2, 0) is 10.1 Å². The fraction of sp³-hybridized carbons (Fsp3) is 0.812. The van der Waals surface area contributed by atoms with Crippen LogP contribution < -0.4 is 0 Å². The lowest BCUT2D eigenvalue weighted by atomic mass is 10.1. The summed E-state index contributed by atoms with van der Waals surface area (Å²) in [7, 11) is -1.80. The third kappa shape index (κ3) is 21.9. The molecule has 0 aliphatic rings. The topological polar surface area (TPSA) is 77.4 Å². The lowest BCUT2D eigenvalue weighted by Crippen LogP contribution is -2.46. The Hall–Kier alpha value is -0.950. The van der Waals surface area contributed by atoms with Crippen molar-refractivity contribution in [2.24, 2.45) is 0 Å². The quantitative estimate of drug-likeness (QED) is 0.0835. The Kier molecular flexibility index (Phi) is 23.3. The van der Waals surface area contributed by atoms with E-state index >= 15 is 0 Å². The van der Waals surface area contributed by atoms with Crippen molar-refractivity contribution in [2.75, 3.05) is 33.3 Å². The van der Waals surface area contributed by atoms with Crippen LogP contribution in [0.15, 0.2) is 29.2 Å². The lowest BCUT2D eigenvalue weighted by Gasteiger charge is -2.35. The highest BCUT2D eigenvalue weighted by Crippen LogP contribution is 2.16. The van der Waals surface area contributed by atoms with Crippen molar-refractivity contribution in [2.45, 2.75) is 141 Å². The number of benzene rings is 1. The highest BCUT2D eigenvalue weighted by atomic mass is 32.2. The summed E-state index contributed by atoms with van der Waals surface area (Å²) in [5.74, 6) is 0. The predicted octanol–water partition coefficient (Wildman–Crippen LogP) is 8.39. The van der Waals surface area contributed by atoms with E-state index in [0.717, 1.165) is 12.0 Å². The molecule has 0 heterocycles. The van der Waals surface area contributed by atoms with Crippen LogP contribution in [0, 0.1) is 6.92 Å². The van der Waals surface area contributed by atoms with Crippen molar-refractivity contribution >= 4 is 10.1 Å². The molecule has 0 spiro atoms. The van der Waals surface area contributed by atoms with Crippen molar-refractivity contribution in [3.05, 3.63) is 29.8 Å². The Bertz CT molecular complexity index is 729.